The van der Waals surface area contributed by atoms with Crippen LogP contribution in [0.15, 0.2) is 72.8 Å². The van der Waals surface area contributed by atoms with Crippen LogP contribution >= 0.6 is 0 Å². The van der Waals surface area contributed by atoms with E-state index in [-0.39, 0.29) is 29.8 Å². The molecular formula is C38H52N2O5Si. The smallest absolute Gasteiger partial charge is 0.354 e. The molecule has 0 aliphatic heterocycles. The molecule has 0 saturated heterocycles. The van der Waals surface area contributed by atoms with Gasteiger partial charge in [0.05, 0.1) is 19.3 Å². The number of rotatable bonds is 15. The summed E-state index contributed by atoms with van der Waals surface area (Å²) >= 11 is 0. The van der Waals surface area contributed by atoms with Gasteiger partial charge < -0.3 is 28.9 Å². The highest BCUT2D eigenvalue weighted by Crippen LogP contribution is 2.40. The summed E-state index contributed by atoms with van der Waals surface area (Å²) in [6.07, 6.45) is 0.633. The van der Waals surface area contributed by atoms with E-state index in [1.807, 2.05) is 66.9 Å². The first-order chi connectivity index (χ1) is 21.9. The number of carbonyl (C=O) groups excluding carboxylic acids is 1. The number of aliphatic hydroxyl groups is 1. The lowest BCUT2D eigenvalue weighted by Gasteiger charge is -2.40. The Labute approximate surface area is 276 Å². The number of carbonyl (C=O) groups is 1. The van der Waals surface area contributed by atoms with Gasteiger partial charge in [-0.1, -0.05) is 63.2 Å². The number of hydrogen-bond donors (Lipinski definition) is 2. The van der Waals surface area contributed by atoms with Crippen molar-refractivity contribution in [2.75, 3.05) is 13.2 Å². The number of fused-ring (bicyclic) bond motifs is 1. The Balaban J connectivity index is 1.51. The van der Waals surface area contributed by atoms with E-state index in [9.17, 15) is 9.90 Å². The van der Waals surface area contributed by atoms with Crippen molar-refractivity contribution < 1.29 is 23.8 Å². The first-order valence-corrected chi connectivity index (χ1v) is 19.4. The standard InChI is InChI=1S/C38H52N2O5Si/c1-9-40-33-18-16-29(21-31(33)23-34(40)37(42)43-10-2)20-27(3)39-24-36(45-46(7,8)38(4,5)6)30-17-19-35(32(22-30)25-41)44-26-28-14-12-11-13-15-28/h11-19,21-23,27,36,39,41H,9-10,20,24-26H2,1-8H3. The summed E-state index contributed by atoms with van der Waals surface area (Å²) in [7, 11) is -2.12. The minimum absolute atomic E-state index is 0.0438. The fraction of sp³-hybridized carbons (Fsp3) is 0.447. The lowest BCUT2D eigenvalue weighted by Crippen LogP contribution is -2.44. The van der Waals surface area contributed by atoms with Crippen molar-refractivity contribution in [2.24, 2.45) is 0 Å². The van der Waals surface area contributed by atoms with Crippen LogP contribution in [0.5, 0.6) is 5.75 Å². The van der Waals surface area contributed by atoms with E-state index in [0.717, 1.165) is 34.0 Å². The minimum Gasteiger partial charge on any atom is -0.489 e. The van der Waals surface area contributed by atoms with Crippen LogP contribution in [0, 0.1) is 0 Å². The van der Waals surface area contributed by atoms with Crippen molar-refractivity contribution in [3.05, 3.63) is 101 Å². The number of nitrogens with zero attached hydrogens (tertiary/aromatic N) is 1. The Hall–Kier alpha value is -3.43. The molecule has 7 nitrogen and oxygen atoms in total. The Morgan fingerprint density at radius 2 is 1.72 bits per heavy atom. The third-order valence-electron chi connectivity index (χ3n) is 9.07. The first kappa shape index (κ1) is 35.4. The molecule has 0 amide bonds. The van der Waals surface area contributed by atoms with Gasteiger partial charge in [0.2, 0.25) is 0 Å². The Bertz CT molecular complexity index is 1590. The van der Waals surface area contributed by atoms with Crippen molar-refractivity contribution in [3.8, 4) is 5.75 Å². The molecule has 3 aromatic carbocycles. The second-order valence-electron chi connectivity index (χ2n) is 13.6. The predicted octanol–water partition coefficient (Wildman–Crippen LogP) is 8.19. The maximum absolute atomic E-state index is 12.6. The topological polar surface area (TPSA) is 82.0 Å². The van der Waals surface area contributed by atoms with E-state index in [2.05, 4.69) is 70.4 Å². The lowest BCUT2D eigenvalue weighted by atomic mass is 10.0. The SMILES string of the molecule is CCOC(=O)c1cc2cc(CC(C)NCC(O[Si](C)(C)C(C)(C)C)c3ccc(OCc4ccccc4)c(CO)c3)ccc2n1CC. The van der Waals surface area contributed by atoms with Crippen LogP contribution in [0.1, 0.15) is 80.4 Å². The molecule has 0 aliphatic carbocycles. The molecule has 1 heterocycles. The fourth-order valence-electron chi connectivity index (χ4n) is 5.46. The van der Waals surface area contributed by atoms with Gasteiger partial charge in [0.25, 0.3) is 0 Å². The van der Waals surface area contributed by atoms with Gasteiger partial charge in [-0.05, 0) is 92.3 Å². The average Bonchev–Trinajstić information content (AvgIpc) is 3.40. The summed E-state index contributed by atoms with van der Waals surface area (Å²) in [6, 6.07) is 24.6. The van der Waals surface area contributed by atoms with Crippen LogP contribution in [-0.4, -0.2) is 43.2 Å². The van der Waals surface area contributed by atoms with E-state index in [0.29, 0.717) is 37.7 Å². The summed E-state index contributed by atoms with van der Waals surface area (Å²) in [5, 5.41) is 15.1. The van der Waals surface area contributed by atoms with E-state index in [4.69, 9.17) is 13.9 Å². The van der Waals surface area contributed by atoms with E-state index in [1.54, 1.807) is 0 Å². The number of aryl methyl sites for hydroxylation is 1. The molecule has 0 fully saturated rings. The molecule has 1 aromatic heterocycles. The molecule has 2 atom stereocenters. The number of ether oxygens (including phenoxy) is 2. The molecule has 4 rings (SSSR count). The highest BCUT2D eigenvalue weighted by molar-refractivity contribution is 6.74. The van der Waals surface area contributed by atoms with Gasteiger partial charge in [0, 0.05) is 35.6 Å². The van der Waals surface area contributed by atoms with Crippen molar-refractivity contribution in [1.82, 2.24) is 9.88 Å². The van der Waals surface area contributed by atoms with Crippen LogP contribution in [0.2, 0.25) is 18.1 Å². The maximum atomic E-state index is 12.6. The van der Waals surface area contributed by atoms with E-state index >= 15 is 0 Å². The van der Waals surface area contributed by atoms with Crippen LogP contribution in [0.25, 0.3) is 10.9 Å². The van der Waals surface area contributed by atoms with Gasteiger partial charge in [0.1, 0.15) is 18.1 Å². The van der Waals surface area contributed by atoms with Crippen molar-refractivity contribution in [1.29, 1.82) is 0 Å². The second-order valence-corrected chi connectivity index (χ2v) is 18.3. The normalized spacial score (nSPS) is 13.5. The highest BCUT2D eigenvalue weighted by Gasteiger charge is 2.39. The van der Waals surface area contributed by atoms with Crippen LogP contribution < -0.4 is 10.1 Å². The summed E-state index contributed by atoms with van der Waals surface area (Å²) < 4.78 is 20.4. The van der Waals surface area contributed by atoms with Gasteiger partial charge in [0.15, 0.2) is 8.32 Å². The number of aliphatic hydroxyl groups excluding tert-OH is 1. The van der Waals surface area contributed by atoms with Gasteiger partial charge in [-0.3, -0.25) is 0 Å². The number of benzene rings is 3. The molecule has 0 spiro atoms. The van der Waals surface area contributed by atoms with Gasteiger partial charge >= 0.3 is 5.97 Å². The molecule has 248 valence electrons. The molecule has 0 radical (unpaired) electrons. The molecule has 0 aliphatic rings. The van der Waals surface area contributed by atoms with Crippen molar-refractivity contribution in [3.63, 3.8) is 0 Å². The Morgan fingerprint density at radius 3 is 2.37 bits per heavy atom. The van der Waals surface area contributed by atoms with E-state index < -0.39 is 8.32 Å². The summed E-state index contributed by atoms with van der Waals surface area (Å²) in [6.45, 7) is 19.4. The zero-order chi connectivity index (χ0) is 33.5. The number of aromatic nitrogens is 1. The third kappa shape index (κ3) is 8.67. The van der Waals surface area contributed by atoms with Crippen LogP contribution in [0.3, 0.4) is 0 Å². The highest BCUT2D eigenvalue weighted by atomic mass is 28.4. The molecule has 0 bridgehead atoms. The quantitative estimate of drug-likeness (QED) is 0.100. The molecule has 2 unspecified atom stereocenters. The van der Waals surface area contributed by atoms with Gasteiger partial charge in [-0.25, -0.2) is 4.79 Å². The van der Waals surface area contributed by atoms with E-state index in [1.165, 1.54) is 5.56 Å². The zero-order valence-electron chi connectivity index (χ0n) is 28.9. The van der Waals surface area contributed by atoms with Crippen molar-refractivity contribution in [2.45, 2.75) is 98.0 Å². The van der Waals surface area contributed by atoms with Crippen LogP contribution in [-0.2, 0) is 35.3 Å². The molecule has 4 aromatic rings. The molecule has 8 heteroatoms. The fourth-order valence-corrected chi connectivity index (χ4v) is 6.74. The molecule has 2 N–H and O–H groups in total. The minimum atomic E-state index is -2.12. The predicted molar refractivity (Wildman–Crippen MR) is 189 cm³/mol. The van der Waals surface area contributed by atoms with Gasteiger partial charge in [-0.15, -0.1) is 0 Å². The molecule has 0 saturated carbocycles. The summed E-state index contributed by atoms with van der Waals surface area (Å²) in [5.74, 6) is 0.394. The summed E-state index contributed by atoms with van der Waals surface area (Å²) in [4.78, 5) is 12.6. The molecule has 46 heavy (non-hydrogen) atoms. The Morgan fingerprint density at radius 1 is 0.978 bits per heavy atom. The molecular weight excluding hydrogens is 593 g/mol. The first-order valence-electron chi connectivity index (χ1n) is 16.5. The maximum Gasteiger partial charge on any atom is 0.354 e. The lowest BCUT2D eigenvalue weighted by molar-refractivity contribution is 0.0514. The number of nitrogens with one attached hydrogen (secondary N) is 1. The van der Waals surface area contributed by atoms with Gasteiger partial charge in [-0.2, -0.15) is 0 Å². The third-order valence-corrected chi connectivity index (χ3v) is 13.6. The summed E-state index contributed by atoms with van der Waals surface area (Å²) in [5.41, 5.74) is 5.67. The van der Waals surface area contributed by atoms with Crippen molar-refractivity contribution >= 4 is 25.2 Å². The van der Waals surface area contributed by atoms with Crippen LogP contribution in [0.4, 0.5) is 0 Å². The second kappa shape index (κ2) is 15.4. The number of hydrogen-bond acceptors (Lipinski definition) is 6. The number of esters is 1. The zero-order valence-corrected chi connectivity index (χ0v) is 29.9. The Kier molecular flexibility index (Phi) is 11.9. The largest absolute Gasteiger partial charge is 0.489 e. The average molecular weight is 645 g/mol. The monoisotopic (exact) mass is 644 g/mol.